The van der Waals surface area contributed by atoms with Crippen LogP contribution in [-0.4, -0.2) is 82.5 Å². The Kier molecular flexibility index (Phi) is 15.6. The summed E-state index contributed by atoms with van der Waals surface area (Å²) in [5.41, 5.74) is 5.83. The van der Waals surface area contributed by atoms with Crippen LogP contribution in [0.2, 0.25) is 0 Å². The minimum atomic E-state index is -3.99. The zero-order chi connectivity index (χ0) is 46.4. The average Bonchev–Trinajstić information content (AvgIpc) is 3.67. The van der Waals surface area contributed by atoms with E-state index in [1.54, 1.807) is 0 Å². The molecule has 4 aromatic carbocycles. The van der Waals surface area contributed by atoms with Crippen LogP contribution in [0.1, 0.15) is 83.8 Å². The van der Waals surface area contributed by atoms with Crippen LogP contribution in [0.25, 0.3) is 21.5 Å². The van der Waals surface area contributed by atoms with E-state index >= 15 is 0 Å². The first kappa shape index (κ1) is 48.4. The maximum absolute atomic E-state index is 12.7. The number of thioether (sulfide) groups is 1. The Labute approximate surface area is 399 Å². The number of amides is 3. The average molecular weight is 1030 g/mol. The third-order valence-corrected chi connectivity index (χ3v) is 18.3. The van der Waals surface area contributed by atoms with Gasteiger partial charge in [-0.1, -0.05) is 131 Å². The quantitative estimate of drug-likeness (QED) is 0.0236. The van der Waals surface area contributed by atoms with Crippen molar-refractivity contribution in [3.8, 4) is 0 Å². The standard InChI is InChI=1S/C52H61IN4O6S2/c1-51(2)44(53-57(33-18-19-35-65(61,62)63)42-30-28-38-21-14-16-23-40(38)49(42)51)24-10-7-6-8-11-25-45-52(3,4)48-39-22-15-13-20-37(39)27-29-41(48)55(45)32-17-9-12-26-46(58)54-31-34-56-47(59)36-43(64-5)50(56)60/h6-8,10-11,13-16,20-25,27-30,43H,9,12,17-19,26,31-36H2,1-5H3,(H,54,58)(H,61,62,63)/b7-6+,11-8+,24-10+,45-25+. The van der Waals surface area contributed by atoms with Crippen molar-refractivity contribution < 1.29 is 27.4 Å². The van der Waals surface area contributed by atoms with Gasteiger partial charge in [0.25, 0.3) is 10.1 Å². The molecule has 2 N–H and O–H groups in total. The lowest BCUT2D eigenvalue weighted by molar-refractivity contribution is -0.138. The summed E-state index contributed by atoms with van der Waals surface area (Å²) in [4.78, 5) is 41.0. The molecular formula is C52H61IN4O6S2. The summed E-state index contributed by atoms with van der Waals surface area (Å²) in [7, 11) is -3.99. The maximum Gasteiger partial charge on any atom is 0.264 e. The van der Waals surface area contributed by atoms with E-state index in [-0.39, 0.29) is 59.1 Å². The Bertz CT molecular complexity index is 2720. The first-order valence-electron chi connectivity index (χ1n) is 22.5. The number of nitrogens with one attached hydrogen (secondary N) is 1. The van der Waals surface area contributed by atoms with Crippen molar-refractivity contribution in [1.82, 2.24) is 10.2 Å². The van der Waals surface area contributed by atoms with Gasteiger partial charge < -0.3 is 13.3 Å². The van der Waals surface area contributed by atoms with Gasteiger partial charge in [-0.2, -0.15) is 20.2 Å². The highest BCUT2D eigenvalue weighted by molar-refractivity contribution is 14.2. The number of hydrogen-bond donors (Lipinski definition) is 2. The monoisotopic (exact) mass is 1030 g/mol. The molecule has 0 radical (unpaired) electrons. The van der Waals surface area contributed by atoms with Crippen molar-refractivity contribution in [2.24, 2.45) is 0 Å². The van der Waals surface area contributed by atoms with Gasteiger partial charge in [-0.3, -0.25) is 23.8 Å². The number of fused-ring (bicyclic) bond motifs is 6. The van der Waals surface area contributed by atoms with Crippen molar-refractivity contribution >= 4 is 97.0 Å². The molecule has 0 aliphatic carbocycles. The molecule has 3 aliphatic rings. The molecule has 344 valence electrons. The fraction of sp³-hybridized carbons (Fsp3) is 0.385. The lowest BCUT2D eigenvalue weighted by Gasteiger charge is -2.39. The number of unbranched alkanes of at least 4 members (excludes halogenated alkanes) is 3. The summed E-state index contributed by atoms with van der Waals surface area (Å²) in [5, 5.41) is 7.49. The van der Waals surface area contributed by atoms with Crippen molar-refractivity contribution in [2.75, 3.05) is 46.2 Å². The van der Waals surface area contributed by atoms with Crippen molar-refractivity contribution in [2.45, 2.75) is 88.7 Å². The van der Waals surface area contributed by atoms with E-state index in [9.17, 15) is 27.4 Å². The van der Waals surface area contributed by atoms with Crippen LogP contribution in [0, 0.1) is 0 Å². The van der Waals surface area contributed by atoms with Crippen LogP contribution in [0.4, 0.5) is 11.4 Å². The maximum atomic E-state index is 12.7. The fourth-order valence-electron chi connectivity index (χ4n) is 9.39. The zero-order valence-corrected chi connectivity index (χ0v) is 41.8. The molecule has 65 heavy (non-hydrogen) atoms. The second kappa shape index (κ2) is 20.9. The number of carbonyl (C=O) groups excluding carboxylic acids is 3. The minimum Gasteiger partial charge on any atom is -0.354 e. The number of hydrogen-bond acceptors (Lipinski definition) is 8. The molecule has 0 aromatic heterocycles. The zero-order valence-electron chi connectivity index (χ0n) is 38.1. The lowest BCUT2D eigenvalue weighted by atomic mass is 9.77. The van der Waals surface area contributed by atoms with E-state index in [1.807, 2.05) is 6.26 Å². The van der Waals surface area contributed by atoms with Gasteiger partial charge >= 0.3 is 0 Å². The normalized spacial score (nSPS) is 19.0. The summed E-state index contributed by atoms with van der Waals surface area (Å²) >= 11 is 0.825. The van der Waals surface area contributed by atoms with Crippen LogP contribution < -0.4 is 13.3 Å². The Morgan fingerprint density at radius 1 is 0.769 bits per heavy atom. The van der Waals surface area contributed by atoms with Crippen LogP contribution in [0.15, 0.2) is 121 Å². The van der Waals surface area contributed by atoms with Crippen LogP contribution in [0.3, 0.4) is 0 Å². The second-order valence-corrected chi connectivity index (χ2v) is 23.3. The van der Waals surface area contributed by atoms with Crippen molar-refractivity contribution in [3.05, 3.63) is 132 Å². The molecule has 3 amide bonds. The van der Waals surface area contributed by atoms with E-state index in [1.165, 1.54) is 69.9 Å². The molecule has 1 fully saturated rings. The van der Waals surface area contributed by atoms with Gasteiger partial charge in [-0.05, 0) is 82.8 Å². The highest BCUT2D eigenvalue weighted by Gasteiger charge is 2.41. The molecule has 4 aromatic rings. The van der Waals surface area contributed by atoms with Crippen LogP contribution in [0.5, 0.6) is 0 Å². The highest BCUT2D eigenvalue weighted by atomic mass is 127. The Hall–Kier alpha value is -4.57. The topological polar surface area (TPSA) is 127 Å². The number of nitrogens with zero attached hydrogens (tertiary/aromatic N) is 3. The number of rotatable bonds is 19. The lowest BCUT2D eigenvalue weighted by Crippen LogP contribution is -2.38. The molecule has 0 spiro atoms. The van der Waals surface area contributed by atoms with Gasteiger partial charge in [-0.15, -0.1) is 0 Å². The van der Waals surface area contributed by atoms with Gasteiger partial charge in [0, 0.05) is 85.7 Å². The highest BCUT2D eigenvalue weighted by Crippen LogP contribution is 2.51. The largest absolute Gasteiger partial charge is 0.354 e. The summed E-state index contributed by atoms with van der Waals surface area (Å²) in [5.74, 6) is -0.614. The van der Waals surface area contributed by atoms with E-state index in [0.717, 1.165) is 32.4 Å². The number of carbonyl (C=O) groups is 3. The number of allylic oxidation sites excluding steroid dienone is 8. The molecule has 1 atom stereocenters. The molecule has 0 bridgehead atoms. The fourth-order valence-corrected chi connectivity index (χ4v) is 13.7. The van der Waals surface area contributed by atoms with E-state index in [2.05, 4.69) is 156 Å². The van der Waals surface area contributed by atoms with E-state index in [4.69, 9.17) is 0 Å². The predicted molar refractivity (Wildman–Crippen MR) is 279 cm³/mol. The van der Waals surface area contributed by atoms with Gasteiger partial charge in [-0.25, -0.2) is 0 Å². The SMILES string of the molecule is CSC1CC(=O)N(CCNC(=O)CCCCCN2/C(=C/C=C/C=C/C=C/C3=IN(CCCCS(=O)(=O)O)c4ccc5ccccc5c4C3(C)C)C(C)(C)c3c2ccc2ccccc32)C1=O. The van der Waals surface area contributed by atoms with E-state index < -0.39 is 31.1 Å². The van der Waals surface area contributed by atoms with Crippen LogP contribution in [-0.2, 0) is 35.3 Å². The minimum absolute atomic E-state index is 0.0617. The van der Waals surface area contributed by atoms with Gasteiger partial charge in [0.15, 0.2) is 0 Å². The molecule has 1 unspecified atom stereocenters. The number of benzene rings is 4. The summed E-state index contributed by atoms with van der Waals surface area (Å²) in [6.45, 7) is 11.3. The number of imide groups is 1. The molecule has 1 saturated heterocycles. The molecule has 3 heterocycles. The number of likely N-dealkylation sites (tertiary alicyclic amines) is 1. The smallest absolute Gasteiger partial charge is 0.264 e. The first-order chi connectivity index (χ1) is 31.1. The van der Waals surface area contributed by atoms with Crippen LogP contribution >= 0.6 is 32.8 Å². The summed E-state index contributed by atoms with van der Waals surface area (Å²) < 4.78 is 36.0. The van der Waals surface area contributed by atoms with Gasteiger partial charge in [0.1, 0.15) is 0 Å². The molecular weight excluding hydrogens is 968 g/mol. The Balaban J connectivity index is 1.01. The predicted octanol–water partition coefficient (Wildman–Crippen LogP) is 10.3. The molecule has 3 aliphatic heterocycles. The third-order valence-electron chi connectivity index (χ3n) is 12.7. The summed E-state index contributed by atoms with van der Waals surface area (Å²) in [6, 6.07) is 25.9. The van der Waals surface area contributed by atoms with Gasteiger partial charge in [0.2, 0.25) is 17.7 Å². The second-order valence-electron chi connectivity index (χ2n) is 17.9. The van der Waals surface area contributed by atoms with Crippen molar-refractivity contribution in [3.63, 3.8) is 0 Å². The molecule has 7 rings (SSSR count). The molecule has 13 heteroatoms. The molecule has 0 saturated carbocycles. The summed E-state index contributed by atoms with van der Waals surface area (Å²) in [6.07, 6.45) is 21.1. The first-order valence-corrected chi connectivity index (χ1v) is 27.5. The Morgan fingerprint density at radius 2 is 1.40 bits per heavy atom. The number of anilines is 2. The Morgan fingerprint density at radius 3 is 2.08 bits per heavy atom. The van der Waals surface area contributed by atoms with Gasteiger partial charge in [0.05, 0.1) is 16.7 Å². The number of halogens is 1. The third kappa shape index (κ3) is 11.0. The molecule has 10 nitrogen and oxygen atoms in total. The van der Waals surface area contributed by atoms with Crippen molar-refractivity contribution in [1.29, 1.82) is 0 Å². The van der Waals surface area contributed by atoms with E-state index in [0.29, 0.717) is 19.3 Å².